The summed E-state index contributed by atoms with van der Waals surface area (Å²) >= 11 is 9.04. The van der Waals surface area contributed by atoms with Gasteiger partial charge in [-0.3, -0.25) is 14.5 Å². The molecule has 9 heteroatoms. The fraction of sp³-hybridized carbons (Fsp3) is 0.154. The van der Waals surface area contributed by atoms with Crippen LogP contribution in [0.4, 0.5) is 9.18 Å². The van der Waals surface area contributed by atoms with Crippen molar-refractivity contribution >= 4 is 63.2 Å². The predicted octanol–water partition coefficient (Wildman–Crippen LogP) is 7.30. The van der Waals surface area contributed by atoms with Gasteiger partial charge in [0.05, 0.1) is 21.6 Å². The molecular weight excluding hydrogens is 604 g/mol. The van der Waals surface area contributed by atoms with Crippen molar-refractivity contribution in [2.75, 3.05) is 6.61 Å². The van der Waals surface area contributed by atoms with Gasteiger partial charge in [-0.25, -0.2) is 4.39 Å². The van der Waals surface area contributed by atoms with Gasteiger partial charge in [-0.1, -0.05) is 48.0 Å². The van der Waals surface area contributed by atoms with E-state index in [2.05, 4.69) is 22.6 Å². The molecule has 1 saturated heterocycles. The molecule has 5 nitrogen and oxygen atoms in total. The predicted molar refractivity (Wildman–Crippen MR) is 144 cm³/mol. The van der Waals surface area contributed by atoms with Crippen LogP contribution in [0.3, 0.4) is 0 Å². The first-order chi connectivity index (χ1) is 16.9. The number of thioether (sulfide) groups is 1. The fourth-order valence-corrected chi connectivity index (χ4v) is 5.28. The number of amides is 2. The average molecular weight is 624 g/mol. The summed E-state index contributed by atoms with van der Waals surface area (Å²) in [5, 5.41) is -0.321. The molecule has 1 fully saturated rings. The second-order valence-corrected chi connectivity index (χ2v) is 10.1. The van der Waals surface area contributed by atoms with Crippen LogP contribution >= 0.6 is 46.0 Å². The second kappa shape index (κ2) is 11.5. The van der Waals surface area contributed by atoms with E-state index >= 15 is 0 Å². The van der Waals surface area contributed by atoms with Gasteiger partial charge in [-0.2, -0.15) is 0 Å². The number of rotatable bonds is 8. The molecule has 0 spiro atoms. The zero-order valence-corrected chi connectivity index (χ0v) is 22.3. The third-order valence-corrected chi connectivity index (χ3v) is 7.17. The van der Waals surface area contributed by atoms with Crippen LogP contribution in [0.1, 0.15) is 23.6 Å². The van der Waals surface area contributed by atoms with Crippen LogP contribution in [0.2, 0.25) is 5.02 Å². The minimum atomic E-state index is -0.567. The summed E-state index contributed by atoms with van der Waals surface area (Å²) in [4.78, 5) is 26.7. The highest BCUT2D eigenvalue weighted by Gasteiger charge is 2.36. The molecule has 0 bridgehead atoms. The Bertz CT molecular complexity index is 1280. The summed E-state index contributed by atoms with van der Waals surface area (Å²) in [7, 11) is 0. The van der Waals surface area contributed by atoms with E-state index in [4.69, 9.17) is 21.1 Å². The number of nitrogens with zero attached hydrogens (tertiary/aromatic N) is 1. The van der Waals surface area contributed by atoms with Gasteiger partial charge in [-0.05, 0) is 82.7 Å². The first-order valence-corrected chi connectivity index (χ1v) is 13.0. The number of hydrogen-bond donors (Lipinski definition) is 0. The highest BCUT2D eigenvalue weighted by atomic mass is 127. The molecule has 0 unspecified atom stereocenters. The molecule has 3 aromatic rings. The van der Waals surface area contributed by atoms with E-state index in [0.29, 0.717) is 30.3 Å². The Balaban J connectivity index is 1.57. The maximum absolute atomic E-state index is 14.2. The first-order valence-electron chi connectivity index (χ1n) is 10.7. The SMILES string of the molecule is CCOc1cc(/C=C2\SC(=O)N(Cc3c(F)cccc3Cl)C2=O)cc(I)c1OCc1ccccc1. The largest absolute Gasteiger partial charge is 0.490 e. The molecule has 35 heavy (non-hydrogen) atoms. The lowest BCUT2D eigenvalue weighted by Crippen LogP contribution is -2.28. The molecule has 4 rings (SSSR count). The smallest absolute Gasteiger partial charge is 0.293 e. The van der Waals surface area contributed by atoms with E-state index in [0.717, 1.165) is 25.8 Å². The van der Waals surface area contributed by atoms with Crippen LogP contribution < -0.4 is 9.47 Å². The average Bonchev–Trinajstić information content (AvgIpc) is 3.09. The Morgan fingerprint density at radius 2 is 1.86 bits per heavy atom. The lowest BCUT2D eigenvalue weighted by Gasteiger charge is -2.15. The maximum Gasteiger partial charge on any atom is 0.293 e. The summed E-state index contributed by atoms with van der Waals surface area (Å²) in [6, 6.07) is 17.7. The van der Waals surface area contributed by atoms with Crippen LogP contribution in [0, 0.1) is 9.39 Å². The summed E-state index contributed by atoms with van der Waals surface area (Å²) in [5.41, 5.74) is 1.81. The molecule has 1 aliphatic heterocycles. The molecular formula is C26H20ClFINO4S. The van der Waals surface area contributed by atoms with Crippen molar-refractivity contribution in [2.45, 2.75) is 20.1 Å². The molecule has 1 heterocycles. The normalized spacial score (nSPS) is 14.6. The van der Waals surface area contributed by atoms with Crippen molar-refractivity contribution in [2.24, 2.45) is 0 Å². The molecule has 180 valence electrons. The van der Waals surface area contributed by atoms with Gasteiger partial charge in [0, 0.05) is 10.6 Å². The van der Waals surface area contributed by atoms with E-state index in [9.17, 15) is 14.0 Å². The highest BCUT2D eigenvalue weighted by Crippen LogP contribution is 2.38. The van der Waals surface area contributed by atoms with Gasteiger partial charge in [-0.15, -0.1) is 0 Å². The second-order valence-electron chi connectivity index (χ2n) is 7.51. The summed E-state index contributed by atoms with van der Waals surface area (Å²) < 4.78 is 26.8. The molecule has 0 aromatic heterocycles. The Morgan fingerprint density at radius 1 is 1.09 bits per heavy atom. The first kappa shape index (κ1) is 25.5. The lowest BCUT2D eigenvalue weighted by molar-refractivity contribution is -0.123. The minimum Gasteiger partial charge on any atom is -0.490 e. The molecule has 2 amide bonds. The number of carbonyl (C=O) groups is 2. The third-order valence-electron chi connectivity index (χ3n) is 5.11. The molecule has 0 radical (unpaired) electrons. The summed E-state index contributed by atoms with van der Waals surface area (Å²) in [5.74, 6) is 0.0777. The van der Waals surface area contributed by atoms with E-state index in [1.165, 1.54) is 18.2 Å². The van der Waals surface area contributed by atoms with Gasteiger partial charge < -0.3 is 9.47 Å². The molecule has 3 aromatic carbocycles. The number of halogens is 3. The van der Waals surface area contributed by atoms with Crippen LogP contribution in [0.25, 0.3) is 6.08 Å². The molecule has 0 aliphatic carbocycles. The van der Waals surface area contributed by atoms with Gasteiger partial charge in [0.1, 0.15) is 12.4 Å². The van der Waals surface area contributed by atoms with Crippen molar-refractivity contribution in [3.05, 3.63) is 96.7 Å². The Morgan fingerprint density at radius 3 is 2.57 bits per heavy atom. The topological polar surface area (TPSA) is 55.8 Å². The Hall–Kier alpha value is -2.56. The number of ether oxygens (including phenoxy) is 2. The quantitative estimate of drug-likeness (QED) is 0.195. The maximum atomic E-state index is 14.2. The van der Waals surface area contributed by atoms with Gasteiger partial charge in [0.25, 0.3) is 11.1 Å². The van der Waals surface area contributed by atoms with Crippen molar-refractivity contribution < 1.29 is 23.5 Å². The fourth-order valence-electron chi connectivity index (χ4n) is 3.43. The van der Waals surface area contributed by atoms with Crippen LogP contribution in [-0.2, 0) is 17.9 Å². The Labute approximate surface area is 225 Å². The minimum absolute atomic E-state index is 0.103. The molecule has 0 atom stereocenters. The zero-order valence-electron chi connectivity index (χ0n) is 18.6. The van der Waals surface area contributed by atoms with Crippen molar-refractivity contribution in [1.29, 1.82) is 0 Å². The van der Waals surface area contributed by atoms with Gasteiger partial charge in [0.15, 0.2) is 11.5 Å². The number of benzene rings is 3. The van der Waals surface area contributed by atoms with Gasteiger partial charge >= 0.3 is 0 Å². The molecule has 0 N–H and O–H groups in total. The van der Waals surface area contributed by atoms with Crippen LogP contribution in [0.15, 0.2) is 65.6 Å². The highest BCUT2D eigenvalue weighted by molar-refractivity contribution is 14.1. The van der Waals surface area contributed by atoms with E-state index in [-0.39, 0.29) is 22.0 Å². The van der Waals surface area contributed by atoms with E-state index in [1.807, 2.05) is 43.3 Å². The van der Waals surface area contributed by atoms with Gasteiger partial charge in [0.2, 0.25) is 0 Å². The number of carbonyl (C=O) groups excluding carboxylic acids is 2. The molecule has 1 aliphatic rings. The van der Waals surface area contributed by atoms with E-state index < -0.39 is 17.0 Å². The third kappa shape index (κ3) is 5.99. The van der Waals surface area contributed by atoms with Crippen LogP contribution in [-0.4, -0.2) is 22.7 Å². The van der Waals surface area contributed by atoms with E-state index in [1.54, 1.807) is 12.1 Å². The number of hydrogen-bond acceptors (Lipinski definition) is 5. The lowest BCUT2D eigenvalue weighted by atomic mass is 10.1. The monoisotopic (exact) mass is 623 g/mol. The standard InChI is InChI=1S/C26H20ClFINO4S/c1-2-33-22-12-17(11-21(29)24(22)34-15-16-7-4-3-5-8-16)13-23-25(31)30(26(32)35-23)14-18-19(27)9-6-10-20(18)28/h3-13H,2,14-15H2,1H3/b23-13-. The van der Waals surface area contributed by atoms with Crippen molar-refractivity contribution in [3.8, 4) is 11.5 Å². The van der Waals surface area contributed by atoms with Crippen molar-refractivity contribution in [1.82, 2.24) is 4.90 Å². The zero-order chi connectivity index (χ0) is 24.9. The van der Waals surface area contributed by atoms with Crippen LogP contribution in [0.5, 0.6) is 11.5 Å². The Kier molecular flexibility index (Phi) is 8.35. The number of imide groups is 1. The molecule has 0 saturated carbocycles. The summed E-state index contributed by atoms with van der Waals surface area (Å²) in [6.07, 6.45) is 1.62. The van der Waals surface area contributed by atoms with Crippen molar-refractivity contribution in [3.63, 3.8) is 0 Å². The summed E-state index contributed by atoms with van der Waals surface area (Å²) in [6.45, 7) is 2.45.